The number of piperidine rings is 1. The van der Waals surface area contributed by atoms with E-state index in [4.69, 9.17) is 15.9 Å². The minimum Gasteiger partial charge on any atom is -0.432 e. The summed E-state index contributed by atoms with van der Waals surface area (Å²) in [6.45, 7) is 5.44. The van der Waals surface area contributed by atoms with E-state index in [1.165, 1.54) is 30.6 Å². The molecule has 36 heavy (non-hydrogen) atoms. The molecule has 1 aliphatic heterocycles. The molecule has 1 unspecified atom stereocenters. The van der Waals surface area contributed by atoms with Crippen molar-refractivity contribution in [1.82, 2.24) is 15.2 Å². The van der Waals surface area contributed by atoms with E-state index in [-0.39, 0.29) is 17.1 Å². The van der Waals surface area contributed by atoms with E-state index in [0.29, 0.717) is 29.2 Å². The monoisotopic (exact) mass is 493 g/mol. The molecule has 1 aromatic carbocycles. The molecule has 0 saturated carbocycles. The van der Waals surface area contributed by atoms with E-state index in [0.717, 1.165) is 25.9 Å². The van der Waals surface area contributed by atoms with Gasteiger partial charge in [-0.1, -0.05) is 24.8 Å². The van der Waals surface area contributed by atoms with Gasteiger partial charge in [0.15, 0.2) is 11.6 Å². The van der Waals surface area contributed by atoms with E-state index in [1.807, 2.05) is 6.92 Å². The summed E-state index contributed by atoms with van der Waals surface area (Å²) in [5.41, 5.74) is 6.40. The van der Waals surface area contributed by atoms with Crippen molar-refractivity contribution in [2.45, 2.75) is 50.7 Å². The van der Waals surface area contributed by atoms with Crippen molar-refractivity contribution in [2.24, 2.45) is 0 Å². The van der Waals surface area contributed by atoms with Crippen molar-refractivity contribution in [1.29, 1.82) is 5.41 Å². The molecule has 1 fully saturated rings. The van der Waals surface area contributed by atoms with Crippen LogP contribution in [-0.4, -0.2) is 63.2 Å². The van der Waals surface area contributed by atoms with Crippen LogP contribution in [-0.2, 0) is 5.97 Å². The summed E-state index contributed by atoms with van der Waals surface area (Å²) in [6.07, 6.45) is 6.92. The molecule has 1 aromatic heterocycles. The summed E-state index contributed by atoms with van der Waals surface area (Å²) in [4.78, 5) is 6.39. The predicted octanol–water partition coefficient (Wildman–Crippen LogP) is 2.02. The highest BCUT2D eigenvalue weighted by Crippen LogP contribution is 2.30. The van der Waals surface area contributed by atoms with E-state index < -0.39 is 11.6 Å². The lowest BCUT2D eigenvalue weighted by Gasteiger charge is -2.29. The van der Waals surface area contributed by atoms with Crippen LogP contribution < -0.4 is 15.8 Å². The normalized spacial score (nSPS) is 17.0. The molecule has 1 aliphatic rings. The third-order valence-electron chi connectivity index (χ3n) is 6.22. The number of aliphatic hydroxyl groups is 3. The molecule has 0 radical (unpaired) electrons. The van der Waals surface area contributed by atoms with Crippen LogP contribution in [0.15, 0.2) is 42.7 Å². The van der Waals surface area contributed by atoms with E-state index in [9.17, 15) is 15.3 Å². The summed E-state index contributed by atoms with van der Waals surface area (Å²) in [5, 5.41) is 42.7. The SMILES string of the molecule is CCC(C)(O)C#Cc1cccc(C(O)(O)Oc2cc(/C(C=N)=C/NC3CCN(C)CC3)cnc2N)c1. The van der Waals surface area contributed by atoms with Gasteiger partial charge in [-0.2, -0.15) is 0 Å². The van der Waals surface area contributed by atoms with Gasteiger partial charge < -0.3 is 41.4 Å². The summed E-state index contributed by atoms with van der Waals surface area (Å²) in [5.74, 6) is 2.80. The fourth-order valence-corrected chi connectivity index (χ4v) is 3.59. The van der Waals surface area contributed by atoms with Crippen molar-refractivity contribution < 1.29 is 20.1 Å². The van der Waals surface area contributed by atoms with Crippen LogP contribution in [0.3, 0.4) is 0 Å². The molecule has 2 heterocycles. The first-order chi connectivity index (χ1) is 17.0. The van der Waals surface area contributed by atoms with Gasteiger partial charge in [-0.25, -0.2) is 4.98 Å². The lowest BCUT2D eigenvalue weighted by molar-refractivity contribution is -0.303. The number of nitrogens with one attached hydrogen (secondary N) is 2. The number of rotatable bonds is 8. The van der Waals surface area contributed by atoms with Gasteiger partial charge in [0.2, 0.25) is 0 Å². The van der Waals surface area contributed by atoms with Crippen LogP contribution in [0.5, 0.6) is 5.75 Å². The summed E-state index contributed by atoms with van der Waals surface area (Å²) in [7, 11) is 2.10. The zero-order valence-corrected chi connectivity index (χ0v) is 21.0. The maximum absolute atomic E-state index is 10.7. The first kappa shape index (κ1) is 27.2. The number of benzene rings is 1. The third-order valence-corrected chi connectivity index (χ3v) is 6.22. The van der Waals surface area contributed by atoms with Crippen LogP contribution in [0.1, 0.15) is 49.8 Å². The third kappa shape index (κ3) is 7.29. The number of ether oxygens (including phenoxy) is 1. The fraction of sp³-hybridized carbons (Fsp3) is 0.407. The van der Waals surface area contributed by atoms with Crippen molar-refractivity contribution in [3.8, 4) is 17.6 Å². The Bertz CT molecular complexity index is 1160. The summed E-state index contributed by atoms with van der Waals surface area (Å²) in [6, 6.07) is 8.05. The summed E-state index contributed by atoms with van der Waals surface area (Å²) >= 11 is 0. The van der Waals surface area contributed by atoms with Crippen molar-refractivity contribution >= 4 is 17.6 Å². The zero-order chi connectivity index (χ0) is 26.3. The van der Waals surface area contributed by atoms with Gasteiger partial charge in [0.1, 0.15) is 5.60 Å². The second kappa shape index (κ2) is 11.5. The number of nitrogen functional groups attached to an aromatic ring is 1. The molecule has 9 heteroatoms. The largest absolute Gasteiger partial charge is 0.432 e. The van der Waals surface area contributed by atoms with Crippen molar-refractivity contribution in [2.75, 3.05) is 25.9 Å². The quantitative estimate of drug-likeness (QED) is 0.186. The lowest BCUT2D eigenvalue weighted by Crippen LogP contribution is -2.38. The smallest absolute Gasteiger partial charge is 0.351 e. The molecule has 0 aliphatic carbocycles. The number of pyridine rings is 1. The van der Waals surface area contributed by atoms with Crippen LogP contribution >= 0.6 is 0 Å². The molecular weight excluding hydrogens is 458 g/mol. The Labute approximate surface area is 212 Å². The number of hydrogen-bond acceptors (Lipinski definition) is 9. The highest BCUT2D eigenvalue weighted by molar-refractivity contribution is 6.08. The Kier molecular flexibility index (Phi) is 8.71. The molecule has 0 bridgehead atoms. The molecule has 2 aromatic rings. The Balaban J connectivity index is 1.80. The van der Waals surface area contributed by atoms with Crippen molar-refractivity contribution in [3.63, 3.8) is 0 Å². The van der Waals surface area contributed by atoms with Gasteiger partial charge in [0.05, 0.1) is 5.56 Å². The van der Waals surface area contributed by atoms with Crippen LogP contribution in [0.2, 0.25) is 0 Å². The topological polar surface area (TPSA) is 148 Å². The highest BCUT2D eigenvalue weighted by Gasteiger charge is 2.30. The maximum atomic E-state index is 10.7. The second-order valence-corrected chi connectivity index (χ2v) is 9.26. The first-order valence-corrected chi connectivity index (χ1v) is 11.9. The number of allylic oxidation sites excluding steroid dienone is 1. The number of nitrogens with two attached hydrogens (primary N) is 1. The number of hydrogen-bond donors (Lipinski definition) is 6. The van der Waals surface area contributed by atoms with E-state index in [1.54, 1.807) is 25.3 Å². The molecule has 0 spiro atoms. The Morgan fingerprint density at radius 1 is 1.31 bits per heavy atom. The van der Waals surface area contributed by atoms with Gasteiger partial charge in [-0.3, -0.25) is 0 Å². The standard InChI is InChI=1S/C27H35N5O4/c1-4-26(2,33)11-8-19-6-5-7-22(14-19)27(34,35)36-24-15-20(17-31-25(24)29)21(16-28)18-30-23-9-12-32(3)13-10-23/h5-7,14-18,23,28,30,33-35H,4,9-10,12-13H2,1-3H3,(H2,29,31)/b21-18+,28-16?. The van der Waals surface area contributed by atoms with Crippen LogP contribution in [0.4, 0.5) is 5.82 Å². The fourth-order valence-electron chi connectivity index (χ4n) is 3.59. The summed E-state index contributed by atoms with van der Waals surface area (Å²) < 4.78 is 5.48. The highest BCUT2D eigenvalue weighted by atomic mass is 16.8. The molecule has 1 atom stereocenters. The number of nitrogens with zero attached hydrogens (tertiary/aromatic N) is 2. The molecule has 9 nitrogen and oxygen atoms in total. The van der Waals surface area contributed by atoms with E-state index in [2.05, 4.69) is 34.1 Å². The minimum absolute atomic E-state index is 0.0296. The average Bonchev–Trinajstić information content (AvgIpc) is 2.86. The van der Waals surface area contributed by atoms with Gasteiger partial charge in [0, 0.05) is 41.4 Å². The Hall–Kier alpha value is -3.42. The molecule has 0 amide bonds. The van der Waals surface area contributed by atoms with E-state index >= 15 is 0 Å². The predicted molar refractivity (Wildman–Crippen MR) is 140 cm³/mol. The Morgan fingerprint density at radius 2 is 2.03 bits per heavy atom. The first-order valence-electron chi connectivity index (χ1n) is 11.9. The van der Waals surface area contributed by atoms with Gasteiger partial charge in [-0.15, -0.1) is 0 Å². The van der Waals surface area contributed by atoms with Crippen LogP contribution in [0, 0.1) is 17.3 Å². The van der Waals surface area contributed by atoms with Crippen LogP contribution in [0.25, 0.3) is 5.57 Å². The molecule has 1 saturated heterocycles. The second-order valence-electron chi connectivity index (χ2n) is 9.26. The average molecular weight is 494 g/mol. The van der Waals surface area contributed by atoms with Gasteiger partial charge >= 0.3 is 5.97 Å². The Morgan fingerprint density at radius 3 is 2.69 bits per heavy atom. The molecule has 192 valence electrons. The maximum Gasteiger partial charge on any atom is 0.351 e. The van der Waals surface area contributed by atoms with Crippen molar-refractivity contribution in [3.05, 3.63) is 59.4 Å². The minimum atomic E-state index is -2.72. The lowest BCUT2D eigenvalue weighted by atomic mass is 10.0. The zero-order valence-electron chi connectivity index (χ0n) is 21.0. The molecule has 7 N–H and O–H groups in total. The number of likely N-dealkylation sites (tertiary alicyclic amines) is 1. The van der Waals surface area contributed by atoms with Gasteiger partial charge in [0.25, 0.3) is 0 Å². The molecule has 3 rings (SSSR count). The molecular formula is C27H35N5O4. The number of anilines is 1. The number of aromatic nitrogens is 1. The van der Waals surface area contributed by atoms with Gasteiger partial charge in [-0.05, 0) is 70.6 Å².